The van der Waals surface area contributed by atoms with Gasteiger partial charge in [0.25, 0.3) is 0 Å². The minimum atomic E-state index is 0.0242. The number of nitrogens with zero attached hydrogens (tertiary/aromatic N) is 3. The van der Waals surface area contributed by atoms with Crippen molar-refractivity contribution in [3.63, 3.8) is 0 Å². The van der Waals surface area contributed by atoms with Crippen LogP contribution in [0.4, 0.5) is 0 Å². The highest BCUT2D eigenvalue weighted by Crippen LogP contribution is 2.25. The van der Waals surface area contributed by atoms with Gasteiger partial charge in [0.2, 0.25) is 5.91 Å². The Morgan fingerprint density at radius 3 is 3.25 bits per heavy atom. The van der Waals surface area contributed by atoms with E-state index in [2.05, 4.69) is 20.2 Å². The van der Waals surface area contributed by atoms with E-state index in [0.29, 0.717) is 11.7 Å². The summed E-state index contributed by atoms with van der Waals surface area (Å²) in [5, 5.41) is 6.35. The Kier molecular flexibility index (Phi) is 3.87. The van der Waals surface area contributed by atoms with Crippen LogP contribution in [0.25, 0.3) is 10.2 Å². The number of rotatable bonds is 3. The molecule has 0 aliphatic carbocycles. The van der Waals surface area contributed by atoms with Gasteiger partial charge in [-0.25, -0.2) is 9.97 Å². The zero-order chi connectivity index (χ0) is 14.1. The van der Waals surface area contributed by atoms with E-state index < -0.39 is 0 Å². The summed E-state index contributed by atoms with van der Waals surface area (Å²) in [5.41, 5.74) is 0. The van der Waals surface area contributed by atoms with Crippen molar-refractivity contribution >= 4 is 39.1 Å². The van der Waals surface area contributed by atoms with E-state index in [4.69, 9.17) is 11.6 Å². The maximum atomic E-state index is 11.1. The van der Waals surface area contributed by atoms with Gasteiger partial charge in [0.05, 0.1) is 6.54 Å². The van der Waals surface area contributed by atoms with Crippen molar-refractivity contribution in [1.82, 2.24) is 20.2 Å². The number of thiophene rings is 1. The molecule has 1 fully saturated rings. The zero-order valence-electron chi connectivity index (χ0n) is 11.1. The molecule has 0 bridgehead atoms. The van der Waals surface area contributed by atoms with Gasteiger partial charge in [0.15, 0.2) is 0 Å². The number of likely N-dealkylation sites (tertiary alicyclic amines) is 1. The molecule has 0 radical (unpaired) electrons. The predicted molar refractivity (Wildman–Crippen MR) is 79.9 cm³/mol. The summed E-state index contributed by atoms with van der Waals surface area (Å²) in [6, 6.07) is 2.17. The Morgan fingerprint density at radius 1 is 1.60 bits per heavy atom. The van der Waals surface area contributed by atoms with Crippen LogP contribution in [-0.2, 0) is 11.3 Å². The minimum absolute atomic E-state index is 0.0242. The van der Waals surface area contributed by atoms with Gasteiger partial charge in [0.1, 0.15) is 15.8 Å². The van der Waals surface area contributed by atoms with Gasteiger partial charge < -0.3 is 5.32 Å². The molecule has 1 saturated heterocycles. The molecule has 1 aliphatic heterocycles. The summed E-state index contributed by atoms with van der Waals surface area (Å²) in [5.74, 6) is 0.768. The predicted octanol–water partition coefficient (Wildman–Crippen LogP) is 2.06. The molecule has 3 heterocycles. The molecular weight excluding hydrogens is 296 g/mol. The molecule has 1 aliphatic rings. The summed E-state index contributed by atoms with van der Waals surface area (Å²) in [7, 11) is 0. The number of fused-ring (bicyclic) bond motifs is 1. The second kappa shape index (κ2) is 5.63. The molecule has 1 N–H and O–H groups in total. The lowest BCUT2D eigenvalue weighted by Crippen LogP contribution is -2.35. The van der Waals surface area contributed by atoms with Gasteiger partial charge in [-0.1, -0.05) is 11.6 Å². The van der Waals surface area contributed by atoms with E-state index in [9.17, 15) is 4.79 Å². The first kappa shape index (κ1) is 13.7. The number of nitrogens with one attached hydrogen (secondary N) is 1. The van der Waals surface area contributed by atoms with Crippen molar-refractivity contribution in [2.24, 2.45) is 0 Å². The molecule has 20 heavy (non-hydrogen) atoms. The molecule has 2 aromatic rings. The maximum absolute atomic E-state index is 11.1. The topological polar surface area (TPSA) is 58.1 Å². The maximum Gasteiger partial charge on any atom is 0.217 e. The van der Waals surface area contributed by atoms with E-state index in [1.165, 1.54) is 0 Å². The van der Waals surface area contributed by atoms with Crippen LogP contribution in [0, 0.1) is 0 Å². The fourth-order valence-corrected chi connectivity index (χ4v) is 3.60. The number of aromatic nitrogens is 2. The summed E-state index contributed by atoms with van der Waals surface area (Å²) >= 11 is 7.74. The number of carbonyl (C=O) groups excluding carboxylic acids is 1. The fourth-order valence-electron chi connectivity index (χ4n) is 2.51. The minimum Gasteiger partial charge on any atom is -0.352 e. The standard InChI is InChI=1S/C13H15ClN4OS/c1-8(19)15-9-2-4-18(6-9)7-11-16-12(14)10-3-5-20-13(10)17-11/h3,5,9H,2,4,6-7H2,1H3,(H,15,19). The van der Waals surface area contributed by atoms with Gasteiger partial charge in [-0.05, 0) is 17.9 Å². The van der Waals surface area contributed by atoms with Crippen LogP contribution < -0.4 is 5.32 Å². The average Bonchev–Trinajstić information content (AvgIpc) is 2.98. The first-order valence-electron chi connectivity index (χ1n) is 6.51. The van der Waals surface area contributed by atoms with Crippen LogP contribution in [0.5, 0.6) is 0 Å². The first-order chi connectivity index (χ1) is 9.61. The largest absolute Gasteiger partial charge is 0.352 e. The molecule has 0 aromatic carbocycles. The van der Waals surface area contributed by atoms with Gasteiger partial charge in [0, 0.05) is 31.4 Å². The van der Waals surface area contributed by atoms with Crippen LogP contribution in [0.15, 0.2) is 11.4 Å². The molecule has 1 unspecified atom stereocenters. The molecule has 0 saturated carbocycles. The molecule has 7 heteroatoms. The Hall–Kier alpha value is -1.24. The Balaban J connectivity index is 1.69. The number of hydrogen-bond donors (Lipinski definition) is 1. The summed E-state index contributed by atoms with van der Waals surface area (Å²) in [6.45, 7) is 4.00. The molecule has 106 valence electrons. The third kappa shape index (κ3) is 2.92. The second-order valence-electron chi connectivity index (χ2n) is 4.99. The lowest BCUT2D eigenvalue weighted by molar-refractivity contribution is -0.119. The van der Waals surface area contributed by atoms with Gasteiger partial charge in [-0.3, -0.25) is 9.69 Å². The van der Waals surface area contributed by atoms with Crippen molar-refractivity contribution in [2.75, 3.05) is 13.1 Å². The van der Waals surface area contributed by atoms with E-state index >= 15 is 0 Å². The Labute approximate surface area is 126 Å². The SMILES string of the molecule is CC(=O)NC1CCN(Cc2nc(Cl)c3ccsc3n2)C1. The Bertz CT molecular complexity index is 644. The molecule has 2 aromatic heterocycles. The highest BCUT2D eigenvalue weighted by Gasteiger charge is 2.23. The van der Waals surface area contributed by atoms with Gasteiger partial charge >= 0.3 is 0 Å². The van der Waals surface area contributed by atoms with E-state index in [1.54, 1.807) is 18.3 Å². The highest BCUT2D eigenvalue weighted by molar-refractivity contribution is 7.16. The van der Waals surface area contributed by atoms with Crippen molar-refractivity contribution < 1.29 is 4.79 Å². The summed E-state index contributed by atoms with van der Waals surface area (Å²) in [4.78, 5) is 23.1. The number of amides is 1. The zero-order valence-corrected chi connectivity index (χ0v) is 12.7. The van der Waals surface area contributed by atoms with E-state index in [1.807, 2.05) is 11.4 Å². The summed E-state index contributed by atoms with van der Waals surface area (Å²) in [6.07, 6.45) is 0.967. The smallest absolute Gasteiger partial charge is 0.217 e. The lowest BCUT2D eigenvalue weighted by atomic mass is 10.3. The van der Waals surface area contributed by atoms with Crippen molar-refractivity contribution in [3.05, 3.63) is 22.4 Å². The van der Waals surface area contributed by atoms with Crippen LogP contribution in [0.1, 0.15) is 19.2 Å². The highest BCUT2D eigenvalue weighted by atomic mass is 35.5. The van der Waals surface area contributed by atoms with Crippen LogP contribution in [0.2, 0.25) is 5.15 Å². The first-order valence-corrected chi connectivity index (χ1v) is 7.76. The van der Waals surface area contributed by atoms with Crippen LogP contribution in [-0.4, -0.2) is 39.9 Å². The van der Waals surface area contributed by atoms with Crippen molar-refractivity contribution in [3.8, 4) is 0 Å². The fraction of sp³-hybridized carbons (Fsp3) is 0.462. The second-order valence-corrected chi connectivity index (χ2v) is 6.24. The van der Waals surface area contributed by atoms with Crippen molar-refractivity contribution in [2.45, 2.75) is 25.9 Å². The van der Waals surface area contributed by atoms with Crippen LogP contribution in [0.3, 0.4) is 0 Å². The van der Waals surface area contributed by atoms with E-state index in [-0.39, 0.29) is 11.9 Å². The number of carbonyl (C=O) groups is 1. The van der Waals surface area contributed by atoms with Gasteiger partial charge in [-0.2, -0.15) is 0 Å². The lowest BCUT2D eigenvalue weighted by Gasteiger charge is -2.15. The summed E-state index contributed by atoms with van der Waals surface area (Å²) < 4.78 is 0. The number of hydrogen-bond acceptors (Lipinski definition) is 5. The third-order valence-electron chi connectivity index (χ3n) is 3.37. The van der Waals surface area contributed by atoms with Crippen molar-refractivity contribution in [1.29, 1.82) is 0 Å². The molecule has 5 nitrogen and oxygen atoms in total. The molecule has 1 amide bonds. The molecule has 1 atom stereocenters. The normalized spacial score (nSPS) is 19.6. The molecule has 3 rings (SSSR count). The van der Waals surface area contributed by atoms with E-state index in [0.717, 1.165) is 35.6 Å². The average molecular weight is 311 g/mol. The molecular formula is C13H15ClN4OS. The number of halogens is 1. The van der Waals surface area contributed by atoms with Gasteiger partial charge in [-0.15, -0.1) is 11.3 Å². The third-order valence-corrected chi connectivity index (χ3v) is 4.46. The monoisotopic (exact) mass is 310 g/mol. The van der Waals surface area contributed by atoms with Crippen LogP contribution >= 0.6 is 22.9 Å². The molecule has 0 spiro atoms. The quantitative estimate of drug-likeness (QED) is 0.882. The Morgan fingerprint density at radius 2 is 2.45 bits per heavy atom.